The number of benzene rings is 1. The van der Waals surface area contributed by atoms with Crippen molar-refractivity contribution >= 4 is 17.5 Å². The number of piperidine rings is 1. The van der Waals surface area contributed by atoms with Crippen LogP contribution in [0.2, 0.25) is 0 Å². The molecule has 1 aliphatic carbocycles. The maximum Gasteiger partial charge on any atom is 0.253 e. The van der Waals surface area contributed by atoms with Crippen LogP contribution in [0.15, 0.2) is 24.3 Å². The Bertz CT molecular complexity index is 583. The molecule has 2 aliphatic rings. The van der Waals surface area contributed by atoms with E-state index in [0.717, 1.165) is 32.2 Å². The molecule has 0 aromatic heterocycles. The van der Waals surface area contributed by atoms with Crippen LogP contribution in [0.4, 0.5) is 5.69 Å². The van der Waals surface area contributed by atoms with Crippen LogP contribution in [0.3, 0.4) is 0 Å². The molecule has 2 amide bonds. The van der Waals surface area contributed by atoms with E-state index >= 15 is 0 Å². The Labute approximate surface area is 137 Å². The molecule has 0 spiro atoms. The number of para-hydroxylation sites is 1. The zero-order chi connectivity index (χ0) is 16.2. The van der Waals surface area contributed by atoms with Gasteiger partial charge >= 0.3 is 0 Å². The first-order valence-electron chi connectivity index (χ1n) is 8.57. The first-order chi connectivity index (χ1) is 11.1. The zero-order valence-electron chi connectivity index (χ0n) is 13.7. The molecule has 0 radical (unpaired) electrons. The summed E-state index contributed by atoms with van der Waals surface area (Å²) >= 11 is 0. The topological polar surface area (TPSA) is 61.4 Å². The van der Waals surface area contributed by atoms with Crippen molar-refractivity contribution in [3.05, 3.63) is 29.8 Å². The van der Waals surface area contributed by atoms with Gasteiger partial charge in [0, 0.05) is 12.1 Å². The minimum atomic E-state index is -0.102. The van der Waals surface area contributed by atoms with Crippen LogP contribution in [0.1, 0.15) is 49.4 Å². The second-order valence-corrected chi connectivity index (χ2v) is 6.66. The maximum atomic E-state index is 12.4. The highest BCUT2D eigenvalue weighted by Gasteiger charge is 2.25. The molecule has 1 saturated heterocycles. The lowest BCUT2D eigenvalue weighted by Crippen LogP contribution is -2.42. The highest BCUT2D eigenvalue weighted by molar-refractivity contribution is 6.04. The molecule has 3 rings (SSSR count). The van der Waals surface area contributed by atoms with E-state index in [-0.39, 0.29) is 11.8 Å². The molecule has 5 nitrogen and oxygen atoms in total. The lowest BCUT2D eigenvalue weighted by atomic mass is 10.0. The number of rotatable bonds is 5. The molecule has 23 heavy (non-hydrogen) atoms. The summed E-state index contributed by atoms with van der Waals surface area (Å²) < 4.78 is 0. The number of anilines is 1. The summed E-state index contributed by atoms with van der Waals surface area (Å²) in [6, 6.07) is 7.97. The average Bonchev–Trinajstić information content (AvgIpc) is 3.34. The number of likely N-dealkylation sites (tertiary alicyclic amines) is 1. The maximum absolute atomic E-state index is 12.4. The molecule has 2 N–H and O–H groups in total. The van der Waals surface area contributed by atoms with E-state index in [9.17, 15) is 9.59 Å². The number of hydrogen-bond donors (Lipinski definition) is 2. The van der Waals surface area contributed by atoms with Gasteiger partial charge < -0.3 is 10.6 Å². The van der Waals surface area contributed by atoms with Crippen LogP contribution >= 0.6 is 0 Å². The van der Waals surface area contributed by atoms with Crippen molar-refractivity contribution in [1.29, 1.82) is 0 Å². The van der Waals surface area contributed by atoms with Crippen molar-refractivity contribution in [3.63, 3.8) is 0 Å². The Morgan fingerprint density at radius 2 is 1.96 bits per heavy atom. The third-order valence-corrected chi connectivity index (χ3v) is 4.65. The average molecular weight is 315 g/mol. The Morgan fingerprint density at radius 3 is 2.70 bits per heavy atom. The Morgan fingerprint density at radius 1 is 1.17 bits per heavy atom. The lowest BCUT2D eigenvalue weighted by molar-refractivity contribution is -0.118. The second kappa shape index (κ2) is 7.13. The first-order valence-corrected chi connectivity index (χ1v) is 8.57. The number of nitrogens with zero attached hydrogens (tertiary/aromatic N) is 1. The third kappa shape index (κ3) is 4.32. The van der Waals surface area contributed by atoms with Crippen molar-refractivity contribution in [2.45, 2.75) is 51.1 Å². The van der Waals surface area contributed by atoms with Gasteiger partial charge in [0.2, 0.25) is 5.91 Å². The molecule has 5 heteroatoms. The Hall–Kier alpha value is -1.88. The summed E-state index contributed by atoms with van der Waals surface area (Å²) in [6.45, 7) is 3.53. The van der Waals surface area contributed by atoms with Crippen LogP contribution < -0.4 is 10.6 Å². The third-order valence-electron chi connectivity index (χ3n) is 4.65. The van der Waals surface area contributed by atoms with Gasteiger partial charge in [-0.15, -0.1) is 0 Å². The van der Waals surface area contributed by atoms with Gasteiger partial charge in [-0.1, -0.05) is 18.6 Å². The summed E-state index contributed by atoms with van der Waals surface area (Å²) in [4.78, 5) is 26.8. The molecular weight excluding hydrogens is 290 g/mol. The van der Waals surface area contributed by atoms with Gasteiger partial charge in [-0.25, -0.2) is 0 Å². The van der Waals surface area contributed by atoms with Crippen LogP contribution in [-0.2, 0) is 4.79 Å². The Kier molecular flexibility index (Phi) is 4.96. The van der Waals surface area contributed by atoms with Gasteiger partial charge in [-0.2, -0.15) is 0 Å². The minimum Gasteiger partial charge on any atom is -0.349 e. The number of nitrogens with one attached hydrogen (secondary N) is 2. The normalized spacial score (nSPS) is 21.7. The molecule has 0 bridgehead atoms. The van der Waals surface area contributed by atoms with E-state index in [4.69, 9.17) is 0 Å². The number of hydrogen-bond acceptors (Lipinski definition) is 3. The molecule has 1 aromatic rings. The molecule has 1 aromatic carbocycles. The van der Waals surface area contributed by atoms with E-state index in [2.05, 4.69) is 22.5 Å². The number of amides is 2. The number of carbonyl (C=O) groups is 2. The van der Waals surface area contributed by atoms with Crippen molar-refractivity contribution < 1.29 is 9.59 Å². The monoisotopic (exact) mass is 315 g/mol. The van der Waals surface area contributed by atoms with Crippen molar-refractivity contribution in [2.75, 3.05) is 18.4 Å². The van der Waals surface area contributed by atoms with Crippen molar-refractivity contribution in [3.8, 4) is 0 Å². The predicted molar refractivity (Wildman–Crippen MR) is 90.4 cm³/mol. The molecule has 1 heterocycles. The molecule has 1 saturated carbocycles. The fourth-order valence-electron chi connectivity index (χ4n) is 3.05. The summed E-state index contributed by atoms with van der Waals surface area (Å²) in [7, 11) is 0. The molecular formula is C18H25N3O2. The first kappa shape index (κ1) is 16.0. The van der Waals surface area contributed by atoms with Crippen LogP contribution in [0.5, 0.6) is 0 Å². The number of carbonyl (C=O) groups excluding carboxylic acids is 2. The largest absolute Gasteiger partial charge is 0.349 e. The summed E-state index contributed by atoms with van der Waals surface area (Å²) in [5.41, 5.74) is 1.14. The summed E-state index contributed by atoms with van der Waals surface area (Å²) in [6.07, 6.45) is 5.63. The standard InChI is InChI=1S/C18H25N3O2/c1-13-6-4-5-11-21(13)12-17(22)20-16-8-3-2-7-15(16)18(23)19-14-9-10-14/h2-3,7-8,13-14H,4-6,9-12H2,1H3,(H,19,23)(H,20,22). The van der Waals surface area contributed by atoms with Crippen molar-refractivity contribution in [2.24, 2.45) is 0 Å². The molecule has 124 valence electrons. The molecule has 1 aliphatic heterocycles. The highest BCUT2D eigenvalue weighted by Crippen LogP contribution is 2.22. The van der Waals surface area contributed by atoms with E-state index < -0.39 is 0 Å². The second-order valence-electron chi connectivity index (χ2n) is 6.66. The van der Waals surface area contributed by atoms with Crippen LogP contribution in [0, 0.1) is 0 Å². The molecule has 1 unspecified atom stereocenters. The van der Waals surface area contributed by atoms with Gasteiger partial charge in [0.1, 0.15) is 0 Å². The van der Waals surface area contributed by atoms with Crippen LogP contribution in [-0.4, -0.2) is 41.9 Å². The van der Waals surface area contributed by atoms with Gasteiger partial charge in [0.15, 0.2) is 0 Å². The van der Waals surface area contributed by atoms with Gasteiger partial charge in [-0.05, 0) is 51.3 Å². The Balaban J connectivity index is 1.62. The van der Waals surface area contributed by atoms with Gasteiger partial charge in [0.25, 0.3) is 5.91 Å². The summed E-state index contributed by atoms with van der Waals surface area (Å²) in [5.74, 6) is -0.153. The van der Waals surface area contributed by atoms with Gasteiger partial charge in [-0.3, -0.25) is 14.5 Å². The fraction of sp³-hybridized carbons (Fsp3) is 0.556. The summed E-state index contributed by atoms with van der Waals surface area (Å²) in [5, 5.41) is 5.88. The quantitative estimate of drug-likeness (QED) is 0.877. The highest BCUT2D eigenvalue weighted by atomic mass is 16.2. The zero-order valence-corrected chi connectivity index (χ0v) is 13.7. The SMILES string of the molecule is CC1CCCCN1CC(=O)Nc1ccccc1C(=O)NC1CC1. The minimum absolute atomic E-state index is 0.0505. The van der Waals surface area contributed by atoms with Crippen LogP contribution in [0.25, 0.3) is 0 Å². The van der Waals surface area contributed by atoms with E-state index in [1.165, 1.54) is 6.42 Å². The molecule has 1 atom stereocenters. The lowest BCUT2D eigenvalue weighted by Gasteiger charge is -2.32. The fourth-order valence-corrected chi connectivity index (χ4v) is 3.05. The van der Waals surface area contributed by atoms with Gasteiger partial charge in [0.05, 0.1) is 17.8 Å². The molecule has 2 fully saturated rings. The van der Waals surface area contributed by atoms with E-state index in [0.29, 0.717) is 29.9 Å². The van der Waals surface area contributed by atoms with Crippen molar-refractivity contribution in [1.82, 2.24) is 10.2 Å². The smallest absolute Gasteiger partial charge is 0.253 e. The van der Waals surface area contributed by atoms with E-state index in [1.807, 2.05) is 12.1 Å². The predicted octanol–water partition coefficient (Wildman–Crippen LogP) is 2.39. The van der Waals surface area contributed by atoms with E-state index in [1.54, 1.807) is 12.1 Å².